The summed E-state index contributed by atoms with van der Waals surface area (Å²) >= 11 is 5.69. The number of aromatic nitrogens is 2. The fourth-order valence-corrected chi connectivity index (χ4v) is 1.40. The van der Waals surface area contributed by atoms with E-state index >= 15 is 0 Å². The van der Waals surface area contributed by atoms with Gasteiger partial charge in [0.1, 0.15) is 5.82 Å². The maximum absolute atomic E-state index is 5.69. The van der Waals surface area contributed by atoms with Crippen LogP contribution in [0.1, 0.15) is 0 Å². The van der Waals surface area contributed by atoms with Crippen LogP contribution in [0.25, 0.3) is 0 Å². The number of halogens is 1. The topological polar surface area (TPSA) is 41.1 Å². The van der Waals surface area contributed by atoms with Gasteiger partial charge in [-0.2, -0.15) is 0 Å². The van der Waals surface area contributed by atoms with Crippen molar-refractivity contribution in [2.45, 2.75) is 6.04 Å². The summed E-state index contributed by atoms with van der Waals surface area (Å²) in [6.07, 6.45) is 1.67. The van der Waals surface area contributed by atoms with Gasteiger partial charge in [0.05, 0.1) is 6.04 Å². The van der Waals surface area contributed by atoms with E-state index in [-0.39, 0.29) is 0 Å². The van der Waals surface area contributed by atoms with Crippen molar-refractivity contribution in [1.29, 1.82) is 0 Å². The smallest absolute Gasteiger partial charge is 0.224 e. The number of nitrogens with one attached hydrogen (secondary N) is 1. The van der Waals surface area contributed by atoms with Crippen molar-refractivity contribution < 1.29 is 0 Å². The Balaban J connectivity index is 2.14. The molecule has 2 heterocycles. The van der Waals surface area contributed by atoms with Gasteiger partial charge in [0, 0.05) is 26.3 Å². The summed E-state index contributed by atoms with van der Waals surface area (Å²) in [7, 11) is 2.02. The Labute approximate surface area is 81.9 Å². The van der Waals surface area contributed by atoms with E-state index < -0.39 is 0 Å². The van der Waals surface area contributed by atoms with E-state index in [1.54, 1.807) is 6.20 Å². The van der Waals surface area contributed by atoms with Gasteiger partial charge >= 0.3 is 0 Å². The average molecular weight is 199 g/mol. The minimum absolute atomic E-state index is 0.302. The Morgan fingerprint density at radius 1 is 1.62 bits per heavy atom. The summed E-state index contributed by atoms with van der Waals surface area (Å²) in [6, 6.07) is 2.40. The molecule has 1 aliphatic rings. The van der Waals surface area contributed by atoms with Gasteiger partial charge in [-0.15, -0.1) is 0 Å². The van der Waals surface area contributed by atoms with Crippen LogP contribution in [0.2, 0.25) is 5.28 Å². The molecule has 70 valence electrons. The minimum Gasteiger partial charge on any atom is -0.354 e. The van der Waals surface area contributed by atoms with E-state index in [9.17, 15) is 0 Å². The largest absolute Gasteiger partial charge is 0.354 e. The van der Waals surface area contributed by atoms with E-state index in [0.717, 1.165) is 18.9 Å². The molecule has 13 heavy (non-hydrogen) atoms. The lowest BCUT2D eigenvalue weighted by Crippen LogP contribution is -2.56. The van der Waals surface area contributed by atoms with Gasteiger partial charge < -0.3 is 10.2 Å². The summed E-state index contributed by atoms with van der Waals surface area (Å²) in [6.45, 7) is 2.02. The number of likely N-dealkylation sites (N-methyl/N-ethyl adjacent to an activating group) is 1. The molecule has 0 aliphatic carbocycles. The van der Waals surface area contributed by atoms with Crippen molar-refractivity contribution in [3.8, 4) is 0 Å². The van der Waals surface area contributed by atoms with Crippen LogP contribution in [0, 0.1) is 0 Å². The third-order valence-electron chi connectivity index (χ3n) is 2.28. The molecule has 0 aromatic carbocycles. The van der Waals surface area contributed by atoms with Gasteiger partial charge in [0.15, 0.2) is 0 Å². The molecule has 4 nitrogen and oxygen atoms in total. The van der Waals surface area contributed by atoms with E-state index in [1.807, 2.05) is 13.1 Å². The molecule has 0 amide bonds. The number of nitrogens with zero attached hydrogens (tertiary/aromatic N) is 3. The quantitative estimate of drug-likeness (QED) is 0.705. The lowest BCUT2D eigenvalue weighted by Gasteiger charge is -2.36. The first-order valence-electron chi connectivity index (χ1n) is 4.19. The maximum atomic E-state index is 5.69. The van der Waals surface area contributed by atoms with Crippen molar-refractivity contribution in [2.75, 3.05) is 25.0 Å². The summed E-state index contributed by atoms with van der Waals surface area (Å²) < 4.78 is 0. The highest BCUT2D eigenvalue weighted by Crippen LogP contribution is 2.14. The maximum Gasteiger partial charge on any atom is 0.224 e. The summed E-state index contributed by atoms with van der Waals surface area (Å²) in [5.74, 6) is 0.881. The predicted molar refractivity (Wildman–Crippen MR) is 52.1 cm³/mol. The zero-order valence-electron chi connectivity index (χ0n) is 7.37. The summed E-state index contributed by atoms with van der Waals surface area (Å²) in [4.78, 5) is 10.1. The molecule has 2 rings (SSSR count). The van der Waals surface area contributed by atoms with Crippen molar-refractivity contribution in [3.05, 3.63) is 17.5 Å². The fourth-order valence-electron chi connectivity index (χ4n) is 1.26. The number of anilines is 1. The van der Waals surface area contributed by atoms with Crippen molar-refractivity contribution in [1.82, 2.24) is 15.3 Å². The van der Waals surface area contributed by atoms with Gasteiger partial charge in [-0.05, 0) is 17.7 Å². The van der Waals surface area contributed by atoms with Gasteiger partial charge in [-0.1, -0.05) is 0 Å². The first-order chi connectivity index (χ1) is 6.27. The molecule has 5 heteroatoms. The van der Waals surface area contributed by atoms with Crippen LogP contribution in [0.15, 0.2) is 12.3 Å². The van der Waals surface area contributed by atoms with Crippen LogP contribution >= 0.6 is 11.6 Å². The average Bonchev–Trinajstić information content (AvgIpc) is 2.01. The zero-order chi connectivity index (χ0) is 9.26. The zero-order valence-corrected chi connectivity index (χ0v) is 8.12. The molecule has 0 spiro atoms. The second-order valence-corrected chi connectivity index (χ2v) is 3.44. The van der Waals surface area contributed by atoms with E-state index in [2.05, 4.69) is 20.2 Å². The highest BCUT2D eigenvalue weighted by molar-refractivity contribution is 6.28. The molecule has 1 aliphatic heterocycles. The van der Waals surface area contributed by atoms with Crippen LogP contribution in [-0.2, 0) is 0 Å². The first kappa shape index (κ1) is 8.72. The third-order valence-corrected chi connectivity index (χ3v) is 2.46. The molecular formula is C8H11ClN4. The molecule has 1 fully saturated rings. The molecule has 0 unspecified atom stereocenters. The van der Waals surface area contributed by atoms with Crippen molar-refractivity contribution in [3.63, 3.8) is 0 Å². The molecule has 1 N–H and O–H groups in total. The van der Waals surface area contributed by atoms with Crippen molar-refractivity contribution in [2.24, 2.45) is 0 Å². The second-order valence-electron chi connectivity index (χ2n) is 3.11. The second kappa shape index (κ2) is 3.47. The molecule has 0 atom stereocenters. The molecule has 0 radical (unpaired) electrons. The molecular weight excluding hydrogens is 188 g/mol. The Morgan fingerprint density at radius 2 is 2.38 bits per heavy atom. The van der Waals surface area contributed by atoms with Crippen LogP contribution < -0.4 is 10.2 Å². The summed E-state index contributed by atoms with van der Waals surface area (Å²) in [5.41, 5.74) is 0. The number of hydrogen-bond donors (Lipinski definition) is 1. The number of hydrogen-bond acceptors (Lipinski definition) is 4. The van der Waals surface area contributed by atoms with Gasteiger partial charge in [-0.3, -0.25) is 0 Å². The SMILES string of the molecule is CN(c1ccnc(Cl)n1)C1CNC1. The molecule has 0 saturated carbocycles. The minimum atomic E-state index is 0.302. The lowest BCUT2D eigenvalue weighted by atomic mass is 10.1. The predicted octanol–water partition coefficient (Wildman–Crippen LogP) is 0.538. The van der Waals surface area contributed by atoms with Gasteiger partial charge in [0.2, 0.25) is 5.28 Å². The monoisotopic (exact) mass is 198 g/mol. The van der Waals surface area contributed by atoms with Crippen LogP contribution in [0.5, 0.6) is 0 Å². The van der Waals surface area contributed by atoms with E-state index in [0.29, 0.717) is 11.3 Å². The first-order valence-corrected chi connectivity index (χ1v) is 4.57. The van der Waals surface area contributed by atoms with Gasteiger partial charge in [0.25, 0.3) is 0 Å². The van der Waals surface area contributed by atoms with E-state index in [1.165, 1.54) is 0 Å². The molecule has 0 bridgehead atoms. The Morgan fingerprint density at radius 3 is 2.92 bits per heavy atom. The van der Waals surface area contributed by atoms with Crippen LogP contribution in [0.3, 0.4) is 0 Å². The molecule has 1 aromatic rings. The highest BCUT2D eigenvalue weighted by atomic mass is 35.5. The normalized spacial score (nSPS) is 16.8. The Bertz CT molecular complexity index is 300. The highest BCUT2D eigenvalue weighted by Gasteiger charge is 2.22. The van der Waals surface area contributed by atoms with Crippen LogP contribution in [-0.4, -0.2) is 36.1 Å². The van der Waals surface area contributed by atoms with Crippen LogP contribution in [0.4, 0.5) is 5.82 Å². The molecule has 1 saturated heterocycles. The standard InChI is InChI=1S/C8H11ClN4/c1-13(6-4-10-5-6)7-2-3-11-8(9)12-7/h2-3,6,10H,4-5H2,1H3. The van der Waals surface area contributed by atoms with E-state index in [4.69, 9.17) is 11.6 Å². The number of rotatable bonds is 2. The Hall–Kier alpha value is -0.870. The third kappa shape index (κ3) is 1.73. The van der Waals surface area contributed by atoms with Crippen molar-refractivity contribution >= 4 is 17.4 Å². The van der Waals surface area contributed by atoms with Gasteiger partial charge in [-0.25, -0.2) is 9.97 Å². The molecule has 1 aromatic heterocycles. The fraction of sp³-hybridized carbons (Fsp3) is 0.500. The lowest BCUT2D eigenvalue weighted by molar-refractivity contribution is 0.426. The Kier molecular flexibility index (Phi) is 2.33. The summed E-state index contributed by atoms with van der Waals surface area (Å²) in [5, 5.41) is 3.51.